The number of benzene rings is 1. The van der Waals surface area contributed by atoms with E-state index >= 15 is 0 Å². The number of aryl methyl sites for hydroxylation is 2. The molecule has 0 bridgehead atoms. The molecule has 2 nitrogen and oxygen atoms in total. The maximum Gasteiger partial charge on any atom is 0.207 e. The Labute approximate surface area is 95.5 Å². The Bertz CT molecular complexity index is 546. The van der Waals surface area contributed by atoms with Crippen LogP contribution in [0.25, 0.3) is 11.0 Å². The fourth-order valence-corrected chi connectivity index (χ4v) is 1.91. The maximum absolute atomic E-state index is 8.89. The molecule has 82 valence electrons. The molecule has 1 heterocycles. The van der Waals surface area contributed by atoms with Gasteiger partial charge in [0.05, 0.1) is 0 Å². The second-order valence-corrected chi connectivity index (χ2v) is 4.10. The van der Waals surface area contributed by atoms with E-state index in [9.17, 15) is 0 Å². The van der Waals surface area contributed by atoms with Crippen LogP contribution in [0.15, 0.2) is 22.6 Å². The third-order valence-electron chi connectivity index (χ3n) is 2.92. The first kappa shape index (κ1) is 10.8. The van der Waals surface area contributed by atoms with Crippen LogP contribution >= 0.6 is 0 Å². The highest BCUT2D eigenvalue weighted by Crippen LogP contribution is 2.26. The monoisotopic (exact) mass is 213 g/mol. The second-order valence-electron chi connectivity index (χ2n) is 4.10. The quantitative estimate of drug-likeness (QED) is 0.773. The van der Waals surface area contributed by atoms with Gasteiger partial charge in [0, 0.05) is 10.9 Å². The number of nitriles is 1. The fourth-order valence-electron chi connectivity index (χ4n) is 1.91. The zero-order chi connectivity index (χ0) is 11.5. The van der Waals surface area contributed by atoms with Crippen molar-refractivity contribution in [1.29, 1.82) is 5.26 Å². The van der Waals surface area contributed by atoms with E-state index in [1.165, 1.54) is 18.4 Å². The Kier molecular flexibility index (Phi) is 2.96. The van der Waals surface area contributed by atoms with Crippen molar-refractivity contribution >= 4 is 11.0 Å². The molecule has 0 aliphatic heterocycles. The van der Waals surface area contributed by atoms with Gasteiger partial charge in [0.25, 0.3) is 0 Å². The van der Waals surface area contributed by atoms with E-state index in [4.69, 9.17) is 9.68 Å². The topological polar surface area (TPSA) is 36.9 Å². The van der Waals surface area contributed by atoms with Crippen molar-refractivity contribution in [3.63, 3.8) is 0 Å². The van der Waals surface area contributed by atoms with Crippen LogP contribution in [0.4, 0.5) is 0 Å². The third kappa shape index (κ3) is 1.81. The fraction of sp³-hybridized carbons (Fsp3) is 0.357. The molecule has 0 saturated carbocycles. The average molecular weight is 213 g/mol. The Hall–Kier alpha value is -1.75. The van der Waals surface area contributed by atoms with E-state index in [1.807, 2.05) is 13.0 Å². The van der Waals surface area contributed by atoms with Crippen LogP contribution in [-0.2, 0) is 6.42 Å². The van der Waals surface area contributed by atoms with Crippen LogP contribution in [0.3, 0.4) is 0 Å². The van der Waals surface area contributed by atoms with Crippen LogP contribution in [0.5, 0.6) is 0 Å². The lowest BCUT2D eigenvalue weighted by Crippen LogP contribution is -1.84. The lowest BCUT2D eigenvalue weighted by atomic mass is 10.0. The number of hydrogen-bond donors (Lipinski definition) is 0. The molecule has 0 aliphatic carbocycles. The molecule has 16 heavy (non-hydrogen) atoms. The Morgan fingerprint density at radius 2 is 2.19 bits per heavy atom. The maximum atomic E-state index is 8.89. The number of unbranched alkanes of at least 4 members (excludes halogenated alkanes) is 1. The van der Waals surface area contributed by atoms with Gasteiger partial charge in [-0.3, -0.25) is 0 Å². The van der Waals surface area contributed by atoms with Crippen molar-refractivity contribution in [1.82, 2.24) is 0 Å². The molecule has 1 aromatic heterocycles. The number of fused-ring (bicyclic) bond motifs is 1. The Morgan fingerprint density at radius 3 is 2.88 bits per heavy atom. The number of hydrogen-bond acceptors (Lipinski definition) is 2. The van der Waals surface area contributed by atoms with Gasteiger partial charge in [-0.15, -0.1) is 0 Å². The first-order valence-electron chi connectivity index (χ1n) is 5.68. The van der Waals surface area contributed by atoms with E-state index in [1.54, 1.807) is 0 Å². The minimum absolute atomic E-state index is 0.433. The van der Waals surface area contributed by atoms with Gasteiger partial charge >= 0.3 is 0 Å². The van der Waals surface area contributed by atoms with Gasteiger partial charge in [-0.2, -0.15) is 5.26 Å². The minimum atomic E-state index is 0.433. The van der Waals surface area contributed by atoms with Crippen LogP contribution in [0, 0.1) is 18.3 Å². The van der Waals surface area contributed by atoms with E-state index in [2.05, 4.69) is 25.1 Å². The average Bonchev–Trinajstić information content (AvgIpc) is 2.63. The lowest BCUT2D eigenvalue weighted by Gasteiger charge is -1.99. The van der Waals surface area contributed by atoms with Gasteiger partial charge in [0.15, 0.2) is 0 Å². The summed E-state index contributed by atoms with van der Waals surface area (Å²) < 4.78 is 5.45. The molecular formula is C14H15NO. The van der Waals surface area contributed by atoms with Gasteiger partial charge in [0.2, 0.25) is 5.76 Å². The summed E-state index contributed by atoms with van der Waals surface area (Å²) in [5, 5.41) is 9.96. The van der Waals surface area contributed by atoms with E-state index < -0.39 is 0 Å². The predicted molar refractivity (Wildman–Crippen MR) is 64.3 cm³/mol. The van der Waals surface area contributed by atoms with E-state index in [-0.39, 0.29) is 0 Å². The summed E-state index contributed by atoms with van der Waals surface area (Å²) in [4.78, 5) is 0. The van der Waals surface area contributed by atoms with Crippen molar-refractivity contribution in [3.05, 3.63) is 35.1 Å². The molecule has 0 fully saturated rings. The third-order valence-corrected chi connectivity index (χ3v) is 2.92. The zero-order valence-electron chi connectivity index (χ0n) is 9.71. The summed E-state index contributed by atoms with van der Waals surface area (Å²) in [5.41, 5.74) is 3.09. The summed E-state index contributed by atoms with van der Waals surface area (Å²) in [7, 11) is 0. The highest BCUT2D eigenvalue weighted by Gasteiger charge is 2.09. The van der Waals surface area contributed by atoms with Gasteiger partial charge < -0.3 is 4.42 Å². The normalized spacial score (nSPS) is 10.6. The first-order chi connectivity index (χ1) is 7.76. The molecule has 0 spiro atoms. The summed E-state index contributed by atoms with van der Waals surface area (Å²) in [6.45, 7) is 4.13. The van der Waals surface area contributed by atoms with Crippen molar-refractivity contribution in [3.8, 4) is 6.07 Å². The molecule has 2 aromatic rings. The van der Waals surface area contributed by atoms with Crippen molar-refractivity contribution in [2.45, 2.75) is 33.1 Å². The molecule has 2 heteroatoms. The summed E-state index contributed by atoms with van der Waals surface area (Å²) in [6.07, 6.45) is 3.50. The molecule has 0 saturated heterocycles. The van der Waals surface area contributed by atoms with Crippen molar-refractivity contribution in [2.75, 3.05) is 0 Å². The van der Waals surface area contributed by atoms with Crippen molar-refractivity contribution in [2.24, 2.45) is 0 Å². The number of nitrogens with zero attached hydrogens (tertiary/aromatic N) is 1. The minimum Gasteiger partial charge on any atom is -0.445 e. The highest BCUT2D eigenvalue weighted by atomic mass is 16.3. The first-order valence-corrected chi connectivity index (χ1v) is 5.68. The largest absolute Gasteiger partial charge is 0.445 e. The van der Waals surface area contributed by atoms with E-state index in [0.29, 0.717) is 5.76 Å². The lowest BCUT2D eigenvalue weighted by molar-refractivity contribution is 0.596. The molecule has 0 atom stereocenters. The van der Waals surface area contributed by atoms with Gasteiger partial charge in [-0.25, -0.2) is 0 Å². The summed E-state index contributed by atoms with van der Waals surface area (Å²) >= 11 is 0. The molecule has 0 unspecified atom stereocenters. The molecule has 0 N–H and O–H groups in total. The van der Waals surface area contributed by atoms with Crippen LogP contribution in [-0.4, -0.2) is 0 Å². The molecular weight excluding hydrogens is 198 g/mol. The van der Waals surface area contributed by atoms with Gasteiger partial charge in [-0.1, -0.05) is 19.4 Å². The standard InChI is InChI=1S/C14H15NO/c1-3-4-5-11-6-7-13-12(8-11)10(2)14(9-15)16-13/h6-8H,3-5H2,1-2H3. The Balaban J connectivity index is 2.45. The smallest absolute Gasteiger partial charge is 0.207 e. The number of furan rings is 1. The molecule has 0 radical (unpaired) electrons. The van der Waals surface area contributed by atoms with Gasteiger partial charge in [-0.05, 0) is 37.5 Å². The van der Waals surface area contributed by atoms with E-state index in [0.717, 1.165) is 23.0 Å². The van der Waals surface area contributed by atoms with Crippen LogP contribution in [0.2, 0.25) is 0 Å². The molecule has 1 aromatic carbocycles. The second kappa shape index (κ2) is 4.40. The molecule has 0 amide bonds. The summed E-state index contributed by atoms with van der Waals surface area (Å²) in [5.74, 6) is 0.433. The SMILES string of the molecule is CCCCc1ccc2oc(C#N)c(C)c2c1. The summed E-state index contributed by atoms with van der Waals surface area (Å²) in [6, 6.07) is 8.28. The van der Waals surface area contributed by atoms with Gasteiger partial charge in [0.1, 0.15) is 11.7 Å². The van der Waals surface area contributed by atoms with Crippen LogP contribution in [0.1, 0.15) is 36.7 Å². The molecule has 2 rings (SSSR count). The Morgan fingerprint density at radius 1 is 1.38 bits per heavy atom. The molecule has 0 aliphatic rings. The highest BCUT2D eigenvalue weighted by molar-refractivity contribution is 5.83. The van der Waals surface area contributed by atoms with Crippen molar-refractivity contribution < 1.29 is 4.42 Å². The predicted octanol–water partition coefficient (Wildman–Crippen LogP) is 3.96. The van der Waals surface area contributed by atoms with Crippen LogP contribution < -0.4 is 0 Å². The number of rotatable bonds is 3. The zero-order valence-corrected chi connectivity index (χ0v) is 9.71.